The van der Waals surface area contributed by atoms with Crippen molar-refractivity contribution >= 4 is 17.7 Å². The van der Waals surface area contributed by atoms with Crippen LogP contribution in [-0.4, -0.2) is 18.3 Å². The number of hydrogen-bond donors (Lipinski definition) is 1. The fourth-order valence-corrected chi connectivity index (χ4v) is 2.83. The molecule has 1 N–H and O–H groups in total. The van der Waals surface area contributed by atoms with Crippen molar-refractivity contribution in [3.8, 4) is 11.8 Å². The molecule has 0 aliphatic heterocycles. The fourth-order valence-electron chi connectivity index (χ4n) is 2.11. The van der Waals surface area contributed by atoms with Crippen molar-refractivity contribution in [2.45, 2.75) is 31.2 Å². The molecule has 4 nitrogen and oxygen atoms in total. The van der Waals surface area contributed by atoms with Crippen molar-refractivity contribution in [3.63, 3.8) is 0 Å². The van der Waals surface area contributed by atoms with E-state index >= 15 is 0 Å². The van der Waals surface area contributed by atoms with E-state index in [0.717, 1.165) is 29.1 Å². The molecule has 0 aromatic heterocycles. The first-order chi connectivity index (χ1) is 12.2. The van der Waals surface area contributed by atoms with E-state index in [1.807, 2.05) is 36.4 Å². The van der Waals surface area contributed by atoms with E-state index in [-0.39, 0.29) is 5.91 Å². The number of thioether (sulfide) groups is 1. The van der Waals surface area contributed by atoms with Gasteiger partial charge in [0.05, 0.1) is 24.0 Å². The minimum absolute atomic E-state index is 0.0216. The molecule has 0 aliphatic carbocycles. The van der Waals surface area contributed by atoms with Crippen molar-refractivity contribution in [1.29, 1.82) is 5.26 Å². The van der Waals surface area contributed by atoms with Gasteiger partial charge in [0.2, 0.25) is 5.91 Å². The van der Waals surface area contributed by atoms with Crippen molar-refractivity contribution in [2.75, 3.05) is 12.4 Å². The van der Waals surface area contributed by atoms with Gasteiger partial charge in [-0.1, -0.05) is 25.5 Å². The maximum atomic E-state index is 12.0. The lowest BCUT2D eigenvalue weighted by molar-refractivity contribution is -0.118. The smallest absolute Gasteiger partial charge is 0.230 e. The summed E-state index contributed by atoms with van der Waals surface area (Å²) in [4.78, 5) is 13.0. The number of rotatable bonds is 9. The number of carbonyl (C=O) groups is 1. The van der Waals surface area contributed by atoms with E-state index in [4.69, 9.17) is 10.00 Å². The third-order valence-corrected chi connectivity index (χ3v) is 4.52. The molecule has 5 heteroatoms. The third kappa shape index (κ3) is 6.90. The molecule has 2 rings (SSSR count). The number of nitrogens with zero attached hydrogens (tertiary/aromatic N) is 1. The van der Waals surface area contributed by atoms with Crippen molar-refractivity contribution < 1.29 is 9.53 Å². The molecular weight excluding hydrogens is 332 g/mol. The average molecular weight is 354 g/mol. The minimum atomic E-state index is -0.0216. The summed E-state index contributed by atoms with van der Waals surface area (Å²) in [5.41, 5.74) is 1.64. The number of benzene rings is 2. The van der Waals surface area contributed by atoms with E-state index in [9.17, 15) is 4.79 Å². The van der Waals surface area contributed by atoms with Crippen LogP contribution in [0.5, 0.6) is 5.75 Å². The van der Waals surface area contributed by atoms with Crippen LogP contribution in [0.4, 0.5) is 0 Å². The van der Waals surface area contributed by atoms with E-state index in [0.29, 0.717) is 24.5 Å². The van der Waals surface area contributed by atoms with Crippen LogP contribution in [0.25, 0.3) is 0 Å². The average Bonchev–Trinajstić information content (AvgIpc) is 2.66. The summed E-state index contributed by atoms with van der Waals surface area (Å²) in [6.45, 7) is 3.33. The van der Waals surface area contributed by atoms with Gasteiger partial charge in [-0.2, -0.15) is 5.26 Å². The highest BCUT2D eigenvalue weighted by atomic mass is 32.2. The molecule has 0 aliphatic rings. The van der Waals surface area contributed by atoms with Gasteiger partial charge in [0.1, 0.15) is 5.75 Å². The molecule has 0 heterocycles. The Morgan fingerprint density at radius 2 is 2.04 bits per heavy atom. The van der Waals surface area contributed by atoms with Crippen LogP contribution in [0.3, 0.4) is 0 Å². The molecule has 25 heavy (non-hydrogen) atoms. The van der Waals surface area contributed by atoms with Crippen molar-refractivity contribution in [2.24, 2.45) is 0 Å². The molecule has 1 amide bonds. The molecule has 0 atom stereocenters. The monoisotopic (exact) mass is 354 g/mol. The summed E-state index contributed by atoms with van der Waals surface area (Å²) in [5, 5.41) is 11.7. The fraction of sp³-hybridized carbons (Fsp3) is 0.300. The quantitative estimate of drug-likeness (QED) is 0.543. The van der Waals surface area contributed by atoms with Crippen LogP contribution in [-0.2, 0) is 11.3 Å². The van der Waals surface area contributed by atoms with Gasteiger partial charge in [-0.15, -0.1) is 11.8 Å². The van der Waals surface area contributed by atoms with E-state index < -0.39 is 0 Å². The number of nitriles is 1. The molecule has 130 valence electrons. The zero-order chi connectivity index (χ0) is 17.9. The molecule has 2 aromatic rings. The topological polar surface area (TPSA) is 62.1 Å². The molecule has 0 radical (unpaired) electrons. The Bertz CT molecular complexity index is 723. The molecular formula is C20H22N2O2S. The minimum Gasteiger partial charge on any atom is -0.494 e. The van der Waals surface area contributed by atoms with Crippen LogP contribution in [0.1, 0.15) is 30.9 Å². The summed E-state index contributed by atoms with van der Waals surface area (Å²) >= 11 is 1.45. The maximum absolute atomic E-state index is 12.0. The van der Waals surface area contributed by atoms with E-state index in [2.05, 4.69) is 18.3 Å². The summed E-state index contributed by atoms with van der Waals surface area (Å²) < 4.78 is 5.68. The highest BCUT2D eigenvalue weighted by Gasteiger charge is 2.04. The van der Waals surface area contributed by atoms with Crippen LogP contribution in [0, 0.1) is 11.3 Å². The summed E-state index contributed by atoms with van der Waals surface area (Å²) in [6, 6.07) is 17.1. The Labute approximate surface area is 153 Å². The lowest BCUT2D eigenvalue weighted by atomic mass is 10.2. The second kappa shape index (κ2) is 10.4. The van der Waals surface area contributed by atoms with E-state index in [1.165, 1.54) is 11.8 Å². The number of ether oxygens (including phenoxy) is 1. The zero-order valence-electron chi connectivity index (χ0n) is 14.3. The van der Waals surface area contributed by atoms with Gasteiger partial charge in [-0.05, 0) is 48.4 Å². The van der Waals surface area contributed by atoms with Gasteiger partial charge in [0.25, 0.3) is 0 Å². The normalized spacial score (nSPS) is 10.1. The molecule has 0 spiro atoms. The largest absolute Gasteiger partial charge is 0.494 e. The molecule has 0 bridgehead atoms. The summed E-state index contributed by atoms with van der Waals surface area (Å²) in [5.74, 6) is 1.16. The molecule has 0 saturated heterocycles. The Balaban J connectivity index is 1.75. The lowest BCUT2D eigenvalue weighted by Crippen LogP contribution is -2.24. The Hall–Kier alpha value is -2.45. The van der Waals surface area contributed by atoms with Crippen LogP contribution >= 0.6 is 11.8 Å². The number of carbonyl (C=O) groups excluding carboxylic acids is 1. The lowest BCUT2D eigenvalue weighted by Gasteiger charge is -2.09. The van der Waals surface area contributed by atoms with Gasteiger partial charge in [0, 0.05) is 11.4 Å². The first-order valence-corrected chi connectivity index (χ1v) is 9.31. The first-order valence-electron chi connectivity index (χ1n) is 8.32. The maximum Gasteiger partial charge on any atom is 0.230 e. The SMILES string of the molecule is CCCCOc1cccc(CNC(=O)CSc2ccc(C#N)cc2)c1. The number of unbranched alkanes of at least 4 members (excludes halogenated alkanes) is 1. The first kappa shape index (κ1) is 18.9. The summed E-state index contributed by atoms with van der Waals surface area (Å²) in [6.07, 6.45) is 2.14. The highest BCUT2D eigenvalue weighted by Crippen LogP contribution is 2.18. The number of nitrogens with one attached hydrogen (secondary N) is 1. The highest BCUT2D eigenvalue weighted by molar-refractivity contribution is 8.00. The van der Waals surface area contributed by atoms with Gasteiger partial charge < -0.3 is 10.1 Å². The van der Waals surface area contributed by atoms with Crippen LogP contribution in [0.2, 0.25) is 0 Å². The number of hydrogen-bond acceptors (Lipinski definition) is 4. The second-order valence-corrected chi connectivity index (χ2v) is 6.60. The molecule has 0 saturated carbocycles. The Morgan fingerprint density at radius 1 is 1.24 bits per heavy atom. The van der Waals surface area contributed by atoms with Crippen molar-refractivity contribution in [3.05, 3.63) is 59.7 Å². The molecule has 0 unspecified atom stereocenters. The van der Waals surface area contributed by atoms with Gasteiger partial charge in [-0.25, -0.2) is 0 Å². The Morgan fingerprint density at radius 3 is 2.76 bits per heavy atom. The van der Waals surface area contributed by atoms with Gasteiger partial charge in [0.15, 0.2) is 0 Å². The predicted octanol–water partition coefficient (Wildman–Crippen LogP) is 4.15. The standard InChI is InChI=1S/C20H22N2O2S/c1-2-3-11-24-18-6-4-5-17(12-18)14-22-20(23)15-25-19-9-7-16(13-21)8-10-19/h4-10,12H,2-3,11,14-15H2,1H3,(H,22,23). The van der Waals surface area contributed by atoms with Crippen molar-refractivity contribution in [1.82, 2.24) is 5.32 Å². The summed E-state index contributed by atoms with van der Waals surface area (Å²) in [7, 11) is 0. The predicted molar refractivity (Wildman–Crippen MR) is 101 cm³/mol. The van der Waals surface area contributed by atoms with E-state index in [1.54, 1.807) is 12.1 Å². The molecule has 0 fully saturated rings. The third-order valence-electron chi connectivity index (χ3n) is 3.51. The molecule has 2 aromatic carbocycles. The second-order valence-electron chi connectivity index (χ2n) is 5.55. The van der Waals surface area contributed by atoms with Crippen LogP contribution in [0.15, 0.2) is 53.4 Å². The van der Waals surface area contributed by atoms with Crippen LogP contribution < -0.4 is 10.1 Å². The zero-order valence-corrected chi connectivity index (χ0v) is 15.1. The van der Waals surface area contributed by atoms with Gasteiger partial charge >= 0.3 is 0 Å². The van der Waals surface area contributed by atoms with Gasteiger partial charge in [-0.3, -0.25) is 4.79 Å². The number of amides is 1. The Kier molecular flexibility index (Phi) is 7.87.